The van der Waals surface area contributed by atoms with Crippen LogP contribution < -0.4 is 10.3 Å². The lowest BCUT2D eigenvalue weighted by molar-refractivity contribution is 0.319. The van der Waals surface area contributed by atoms with E-state index in [1.54, 1.807) is 0 Å². The topological polar surface area (TPSA) is 44.1 Å². The van der Waals surface area contributed by atoms with E-state index in [0.717, 1.165) is 11.1 Å². The summed E-state index contributed by atoms with van der Waals surface area (Å²) in [7, 11) is 0. The van der Waals surface area contributed by atoms with Gasteiger partial charge in [0.25, 0.3) is 5.56 Å². The van der Waals surface area contributed by atoms with Crippen molar-refractivity contribution in [2.75, 3.05) is 6.61 Å². The molecule has 1 rings (SSSR count). The molecule has 0 aliphatic carbocycles. The minimum absolute atomic E-state index is 0.0456. The van der Waals surface area contributed by atoms with Crippen LogP contribution in [0.1, 0.15) is 34.6 Å². The second kappa shape index (κ2) is 7.45. The third-order valence-electron chi connectivity index (χ3n) is 2.87. The van der Waals surface area contributed by atoms with E-state index in [1.807, 2.05) is 52.8 Å². The van der Waals surface area contributed by atoms with E-state index in [-0.39, 0.29) is 16.3 Å². The highest BCUT2D eigenvalue weighted by atomic mass is 35.5. The molecule has 0 N–H and O–H groups in total. The predicted octanol–water partition coefficient (Wildman–Crippen LogP) is 4.11. The van der Waals surface area contributed by atoms with Crippen LogP contribution in [0.15, 0.2) is 46.9 Å². The summed E-state index contributed by atoms with van der Waals surface area (Å²) >= 11 is 6.11. The Balaban J connectivity index is 2.95. The summed E-state index contributed by atoms with van der Waals surface area (Å²) in [4.78, 5) is 12.2. The van der Waals surface area contributed by atoms with Gasteiger partial charge in [-0.25, -0.2) is 4.68 Å². The third kappa shape index (κ3) is 4.88. The van der Waals surface area contributed by atoms with Crippen molar-refractivity contribution in [3.8, 4) is 5.75 Å². The number of aromatic nitrogens is 2. The molecule has 0 unspecified atom stereocenters. The van der Waals surface area contributed by atoms with Gasteiger partial charge in [0.05, 0.1) is 11.7 Å². The average Bonchev–Trinajstić information content (AvgIpc) is 2.41. The highest BCUT2D eigenvalue weighted by molar-refractivity contribution is 6.31. The van der Waals surface area contributed by atoms with Crippen LogP contribution in [0.4, 0.5) is 0 Å². The monoisotopic (exact) mass is 322 g/mol. The van der Waals surface area contributed by atoms with E-state index in [4.69, 9.17) is 16.3 Å². The number of allylic oxidation sites excluding steroid dienone is 3. The molecule has 0 bridgehead atoms. The van der Waals surface area contributed by atoms with E-state index in [2.05, 4.69) is 11.7 Å². The minimum atomic E-state index is -0.433. The van der Waals surface area contributed by atoms with Crippen molar-refractivity contribution in [2.45, 2.75) is 40.2 Å². The standard InChI is InChI=1S/C17H23ClN2O2/c1-7-13(9-8-12(2)3)11-22-14-10-19-20(17(4,5)6)16(21)15(14)18/h7-10H,2,11H2,1,3-6H3/b9-8-,13-7+. The molecule has 0 atom stereocenters. The van der Waals surface area contributed by atoms with Crippen molar-refractivity contribution in [1.82, 2.24) is 9.78 Å². The molecule has 0 saturated heterocycles. The number of hydrogen-bond donors (Lipinski definition) is 0. The van der Waals surface area contributed by atoms with E-state index < -0.39 is 5.54 Å². The first kappa shape index (κ1) is 18.2. The number of halogens is 1. The first-order chi connectivity index (χ1) is 10.2. The first-order valence-corrected chi connectivity index (χ1v) is 7.44. The smallest absolute Gasteiger partial charge is 0.289 e. The number of rotatable bonds is 5. The van der Waals surface area contributed by atoms with Crippen molar-refractivity contribution in [3.05, 3.63) is 57.5 Å². The minimum Gasteiger partial charge on any atom is -0.485 e. The molecule has 0 spiro atoms. The van der Waals surface area contributed by atoms with Gasteiger partial charge >= 0.3 is 0 Å². The zero-order valence-electron chi connectivity index (χ0n) is 13.8. The van der Waals surface area contributed by atoms with Crippen LogP contribution in [0.25, 0.3) is 0 Å². The van der Waals surface area contributed by atoms with Gasteiger partial charge in [0.1, 0.15) is 6.61 Å². The third-order valence-corrected chi connectivity index (χ3v) is 3.22. The van der Waals surface area contributed by atoms with Gasteiger partial charge in [0, 0.05) is 0 Å². The maximum absolute atomic E-state index is 12.2. The molecule has 120 valence electrons. The Morgan fingerprint density at radius 1 is 1.45 bits per heavy atom. The van der Waals surface area contributed by atoms with Gasteiger partial charge in [-0.2, -0.15) is 5.10 Å². The Morgan fingerprint density at radius 2 is 2.09 bits per heavy atom. The van der Waals surface area contributed by atoms with Crippen molar-refractivity contribution >= 4 is 11.6 Å². The number of nitrogens with zero attached hydrogens (tertiary/aromatic N) is 2. The molecule has 0 aliphatic rings. The van der Waals surface area contributed by atoms with E-state index in [9.17, 15) is 4.79 Å². The molecule has 4 nitrogen and oxygen atoms in total. The number of ether oxygens (including phenoxy) is 1. The molecule has 0 fully saturated rings. The van der Waals surface area contributed by atoms with Gasteiger partial charge in [0.2, 0.25) is 0 Å². The predicted molar refractivity (Wildman–Crippen MR) is 91.7 cm³/mol. The molecule has 0 saturated carbocycles. The average molecular weight is 323 g/mol. The molecule has 22 heavy (non-hydrogen) atoms. The zero-order chi connectivity index (χ0) is 16.9. The molecule has 1 aromatic rings. The largest absolute Gasteiger partial charge is 0.485 e. The lowest BCUT2D eigenvalue weighted by Crippen LogP contribution is -2.36. The second-order valence-electron chi connectivity index (χ2n) is 6.04. The fourth-order valence-corrected chi connectivity index (χ4v) is 1.82. The Morgan fingerprint density at radius 3 is 2.59 bits per heavy atom. The molecule has 0 radical (unpaired) electrons. The first-order valence-electron chi connectivity index (χ1n) is 7.06. The lowest BCUT2D eigenvalue weighted by Gasteiger charge is -2.21. The van der Waals surface area contributed by atoms with Gasteiger partial charge in [0.15, 0.2) is 10.8 Å². The normalized spacial score (nSPS) is 12.7. The van der Waals surface area contributed by atoms with Gasteiger partial charge in [-0.05, 0) is 40.2 Å². The molecule has 5 heteroatoms. The zero-order valence-corrected chi connectivity index (χ0v) is 14.6. The van der Waals surface area contributed by atoms with Crippen molar-refractivity contribution in [3.63, 3.8) is 0 Å². The van der Waals surface area contributed by atoms with Crippen LogP contribution in [0.3, 0.4) is 0 Å². The Bertz CT molecular complexity index is 664. The van der Waals surface area contributed by atoms with Crippen molar-refractivity contribution in [1.29, 1.82) is 0 Å². The van der Waals surface area contributed by atoms with E-state index in [0.29, 0.717) is 6.61 Å². The molecular formula is C17H23ClN2O2. The summed E-state index contributed by atoms with van der Waals surface area (Å²) < 4.78 is 6.96. The summed E-state index contributed by atoms with van der Waals surface area (Å²) in [5, 5.41) is 4.18. The molecule has 0 aromatic carbocycles. The maximum atomic E-state index is 12.2. The van der Waals surface area contributed by atoms with Gasteiger partial charge in [-0.15, -0.1) is 0 Å². The molecule has 0 amide bonds. The molecule has 1 aromatic heterocycles. The molecule has 1 heterocycles. The quantitative estimate of drug-likeness (QED) is 0.766. The molecule has 0 aliphatic heterocycles. The highest BCUT2D eigenvalue weighted by Gasteiger charge is 2.19. The summed E-state index contributed by atoms with van der Waals surface area (Å²) in [6.07, 6.45) is 7.22. The van der Waals surface area contributed by atoms with Crippen LogP contribution >= 0.6 is 11.6 Å². The second-order valence-corrected chi connectivity index (χ2v) is 6.42. The van der Waals surface area contributed by atoms with Gasteiger partial charge < -0.3 is 4.74 Å². The van der Waals surface area contributed by atoms with Crippen LogP contribution in [0.5, 0.6) is 5.75 Å². The van der Waals surface area contributed by atoms with Crippen LogP contribution in [-0.4, -0.2) is 16.4 Å². The van der Waals surface area contributed by atoms with Gasteiger partial charge in [-0.3, -0.25) is 4.79 Å². The van der Waals surface area contributed by atoms with Crippen molar-refractivity contribution in [2.24, 2.45) is 0 Å². The Hall–Kier alpha value is -1.81. The Labute approximate surface area is 136 Å². The summed E-state index contributed by atoms with van der Waals surface area (Å²) in [6, 6.07) is 0. The Kier molecular flexibility index (Phi) is 6.18. The lowest BCUT2D eigenvalue weighted by atomic mass is 10.1. The van der Waals surface area contributed by atoms with E-state index in [1.165, 1.54) is 10.9 Å². The summed E-state index contributed by atoms with van der Waals surface area (Å²) in [5.74, 6) is 0.287. The fraction of sp³-hybridized carbons (Fsp3) is 0.412. The summed E-state index contributed by atoms with van der Waals surface area (Å²) in [5.41, 5.74) is 1.12. The SMILES string of the molecule is C=C(C)/C=C\C(=C/C)COc1cnn(C(C)(C)C)c(=O)c1Cl. The van der Waals surface area contributed by atoms with Crippen molar-refractivity contribution < 1.29 is 4.74 Å². The van der Waals surface area contributed by atoms with Gasteiger partial charge in [-0.1, -0.05) is 42.0 Å². The van der Waals surface area contributed by atoms with E-state index >= 15 is 0 Å². The van der Waals surface area contributed by atoms with Crippen LogP contribution in [-0.2, 0) is 5.54 Å². The fourth-order valence-electron chi connectivity index (χ4n) is 1.63. The number of hydrogen-bond acceptors (Lipinski definition) is 3. The maximum Gasteiger partial charge on any atom is 0.289 e. The summed E-state index contributed by atoms with van der Waals surface area (Å²) in [6.45, 7) is 13.6. The molecular weight excluding hydrogens is 300 g/mol. The van der Waals surface area contributed by atoms with Crippen LogP contribution in [0.2, 0.25) is 5.02 Å². The van der Waals surface area contributed by atoms with Crippen LogP contribution in [0, 0.1) is 0 Å². The highest BCUT2D eigenvalue weighted by Crippen LogP contribution is 2.21.